The number of aryl methyl sites for hydroxylation is 1. The fraction of sp³-hybridized carbons (Fsp3) is 0.167. The van der Waals surface area contributed by atoms with Crippen molar-refractivity contribution >= 4 is 68.0 Å². The average Bonchev–Trinajstić information content (AvgIpc) is 2.92. The topological polar surface area (TPSA) is 61.4 Å². The maximum absolute atomic E-state index is 12.2. The zero-order chi connectivity index (χ0) is 18.0. The monoisotopic (exact) mass is 530 g/mol. The zero-order valence-corrected chi connectivity index (χ0v) is 17.9. The SMILES string of the molecule is CCc1ccc(N[C@@H]2NC(=O)/C(=C\c3cc(Br)cc(I)c3O)S2)cc1. The summed E-state index contributed by atoms with van der Waals surface area (Å²) in [5.74, 6) is 0.0262. The molecular weight excluding hydrogens is 515 g/mol. The van der Waals surface area contributed by atoms with Crippen molar-refractivity contribution in [2.24, 2.45) is 0 Å². The van der Waals surface area contributed by atoms with E-state index in [4.69, 9.17) is 0 Å². The fourth-order valence-electron chi connectivity index (χ4n) is 2.39. The lowest BCUT2D eigenvalue weighted by atomic mass is 10.1. The predicted molar refractivity (Wildman–Crippen MR) is 115 cm³/mol. The first-order valence-electron chi connectivity index (χ1n) is 7.69. The van der Waals surface area contributed by atoms with Gasteiger partial charge in [-0.25, -0.2) is 0 Å². The molecule has 0 spiro atoms. The number of anilines is 1. The summed E-state index contributed by atoms with van der Waals surface area (Å²) < 4.78 is 1.59. The molecule has 0 radical (unpaired) electrons. The number of carbonyl (C=O) groups is 1. The van der Waals surface area contributed by atoms with Crippen LogP contribution in [0.4, 0.5) is 5.69 Å². The van der Waals surface area contributed by atoms with Gasteiger partial charge < -0.3 is 15.7 Å². The summed E-state index contributed by atoms with van der Waals surface area (Å²) in [6, 6.07) is 11.8. The number of amides is 1. The number of halogens is 2. The smallest absolute Gasteiger partial charge is 0.260 e. The number of benzene rings is 2. The van der Waals surface area contributed by atoms with Gasteiger partial charge in [0, 0.05) is 15.7 Å². The number of hydrogen-bond donors (Lipinski definition) is 3. The van der Waals surface area contributed by atoms with Crippen molar-refractivity contribution in [2.45, 2.75) is 18.8 Å². The molecule has 1 heterocycles. The molecule has 1 aliphatic rings. The molecule has 1 atom stereocenters. The van der Waals surface area contributed by atoms with E-state index in [0.29, 0.717) is 10.5 Å². The van der Waals surface area contributed by atoms with Gasteiger partial charge in [0.2, 0.25) is 0 Å². The quantitative estimate of drug-likeness (QED) is 0.388. The fourth-order valence-corrected chi connectivity index (χ4v) is 4.92. The Morgan fingerprint density at radius 2 is 2.08 bits per heavy atom. The third-order valence-corrected chi connectivity index (χ3v) is 6.04. The molecule has 0 bridgehead atoms. The summed E-state index contributed by atoms with van der Waals surface area (Å²) >= 11 is 6.88. The Balaban J connectivity index is 1.76. The summed E-state index contributed by atoms with van der Waals surface area (Å²) in [5, 5.41) is 16.4. The van der Waals surface area contributed by atoms with Crippen molar-refractivity contribution in [3.05, 3.63) is 60.5 Å². The van der Waals surface area contributed by atoms with E-state index in [1.807, 2.05) is 18.2 Å². The number of hydrogen-bond acceptors (Lipinski definition) is 4. The van der Waals surface area contributed by atoms with Crippen molar-refractivity contribution in [1.82, 2.24) is 5.32 Å². The molecule has 25 heavy (non-hydrogen) atoms. The Morgan fingerprint density at radius 1 is 1.36 bits per heavy atom. The Labute approximate surface area is 172 Å². The zero-order valence-electron chi connectivity index (χ0n) is 13.3. The number of carbonyl (C=O) groups excluding carboxylic acids is 1. The number of thioether (sulfide) groups is 1. The third-order valence-electron chi connectivity index (χ3n) is 3.74. The van der Waals surface area contributed by atoms with Gasteiger partial charge in [-0.2, -0.15) is 0 Å². The van der Waals surface area contributed by atoms with Crippen LogP contribution in [-0.4, -0.2) is 16.5 Å². The number of rotatable bonds is 4. The van der Waals surface area contributed by atoms with Gasteiger partial charge in [-0.1, -0.05) is 46.7 Å². The van der Waals surface area contributed by atoms with Gasteiger partial charge in [0.25, 0.3) is 5.91 Å². The van der Waals surface area contributed by atoms with Crippen molar-refractivity contribution in [3.63, 3.8) is 0 Å². The first kappa shape index (κ1) is 18.6. The normalized spacial score (nSPS) is 18.4. The van der Waals surface area contributed by atoms with Crippen LogP contribution in [0, 0.1) is 3.57 Å². The highest BCUT2D eigenvalue weighted by atomic mass is 127. The van der Waals surface area contributed by atoms with E-state index < -0.39 is 0 Å². The highest BCUT2D eigenvalue weighted by Gasteiger charge is 2.27. The molecule has 1 aliphatic heterocycles. The molecule has 0 saturated carbocycles. The molecule has 0 unspecified atom stereocenters. The molecule has 130 valence electrons. The minimum atomic E-state index is -0.236. The lowest BCUT2D eigenvalue weighted by molar-refractivity contribution is -0.116. The summed E-state index contributed by atoms with van der Waals surface area (Å²) in [4.78, 5) is 12.8. The minimum Gasteiger partial charge on any atom is -0.506 e. The van der Waals surface area contributed by atoms with Crippen molar-refractivity contribution in [2.75, 3.05) is 5.32 Å². The van der Waals surface area contributed by atoms with Crippen LogP contribution in [0.1, 0.15) is 18.1 Å². The van der Waals surface area contributed by atoms with Crippen LogP contribution >= 0.6 is 50.3 Å². The number of phenolic OH excluding ortho intramolecular Hbond substituents is 1. The molecule has 3 rings (SSSR count). The minimum absolute atomic E-state index is 0.151. The van der Waals surface area contributed by atoms with Gasteiger partial charge in [-0.05, 0) is 64.9 Å². The molecule has 0 aromatic heterocycles. The molecule has 3 N–H and O–H groups in total. The van der Waals surface area contributed by atoms with Crippen LogP contribution in [0.25, 0.3) is 6.08 Å². The highest BCUT2D eigenvalue weighted by molar-refractivity contribution is 14.1. The standard InChI is InChI=1S/C18H16BrIN2O2S/c1-2-10-3-5-13(6-4-10)21-18-22-17(24)15(25-18)8-11-7-12(19)9-14(20)16(11)23/h3-9,18,21,23H,2H2,1H3,(H,22,24)/b15-8+/t18-/m1/s1. The second-order valence-corrected chi connectivity index (χ2v) is 8.73. The second-order valence-electron chi connectivity index (χ2n) is 5.50. The van der Waals surface area contributed by atoms with E-state index in [0.717, 1.165) is 20.2 Å². The highest BCUT2D eigenvalue weighted by Crippen LogP contribution is 2.35. The van der Waals surface area contributed by atoms with Crippen molar-refractivity contribution in [3.8, 4) is 5.75 Å². The Morgan fingerprint density at radius 3 is 2.76 bits per heavy atom. The Kier molecular flexibility index (Phi) is 5.96. The number of phenols is 1. The first-order valence-corrected chi connectivity index (χ1v) is 10.4. The van der Waals surface area contributed by atoms with E-state index in [9.17, 15) is 9.90 Å². The molecule has 7 heteroatoms. The Bertz CT molecular complexity index is 840. The van der Waals surface area contributed by atoms with E-state index in [2.05, 4.69) is 68.2 Å². The third kappa shape index (κ3) is 4.51. The van der Waals surface area contributed by atoms with Crippen molar-refractivity contribution < 1.29 is 9.90 Å². The van der Waals surface area contributed by atoms with Crippen LogP contribution in [0.5, 0.6) is 5.75 Å². The average molecular weight is 531 g/mol. The lowest BCUT2D eigenvalue weighted by Crippen LogP contribution is -2.30. The van der Waals surface area contributed by atoms with E-state index in [1.54, 1.807) is 12.1 Å². The molecular formula is C18H16BrIN2O2S. The maximum atomic E-state index is 12.2. The van der Waals surface area contributed by atoms with Crippen molar-refractivity contribution in [1.29, 1.82) is 0 Å². The van der Waals surface area contributed by atoms with Crippen LogP contribution < -0.4 is 10.6 Å². The summed E-state index contributed by atoms with van der Waals surface area (Å²) in [7, 11) is 0. The van der Waals surface area contributed by atoms with Gasteiger partial charge in [0.1, 0.15) is 5.75 Å². The van der Waals surface area contributed by atoms with Gasteiger partial charge in [-0.15, -0.1) is 0 Å². The molecule has 1 amide bonds. The van der Waals surface area contributed by atoms with Gasteiger partial charge in [0.05, 0.1) is 8.48 Å². The van der Waals surface area contributed by atoms with Gasteiger partial charge in [0.15, 0.2) is 5.50 Å². The van der Waals surface area contributed by atoms with Gasteiger partial charge in [-0.3, -0.25) is 4.79 Å². The van der Waals surface area contributed by atoms with Gasteiger partial charge >= 0.3 is 0 Å². The summed E-state index contributed by atoms with van der Waals surface area (Å²) in [6.07, 6.45) is 2.71. The Hall–Kier alpha value is -1.19. The number of aromatic hydroxyl groups is 1. The molecule has 2 aromatic rings. The van der Waals surface area contributed by atoms with E-state index >= 15 is 0 Å². The van der Waals surface area contributed by atoms with E-state index in [1.165, 1.54) is 17.3 Å². The largest absolute Gasteiger partial charge is 0.506 e. The number of nitrogens with one attached hydrogen (secondary N) is 2. The van der Waals surface area contributed by atoms with Crippen LogP contribution in [0.3, 0.4) is 0 Å². The maximum Gasteiger partial charge on any atom is 0.260 e. The lowest BCUT2D eigenvalue weighted by Gasteiger charge is -2.12. The van der Waals surface area contributed by atoms with Crippen LogP contribution in [-0.2, 0) is 11.2 Å². The summed E-state index contributed by atoms with van der Waals surface area (Å²) in [5.41, 5.74) is 2.61. The molecule has 2 aromatic carbocycles. The van der Waals surface area contributed by atoms with Crippen LogP contribution in [0.15, 0.2) is 45.8 Å². The van der Waals surface area contributed by atoms with E-state index in [-0.39, 0.29) is 17.2 Å². The molecule has 1 saturated heterocycles. The van der Waals surface area contributed by atoms with Crippen LogP contribution in [0.2, 0.25) is 0 Å². The first-order chi connectivity index (χ1) is 12.0. The summed E-state index contributed by atoms with van der Waals surface area (Å²) in [6.45, 7) is 2.12. The molecule has 0 aliphatic carbocycles. The predicted octanol–water partition coefficient (Wildman–Crippen LogP) is 4.92. The molecule has 1 fully saturated rings. The second kappa shape index (κ2) is 8.01. The molecule has 4 nitrogen and oxygen atoms in total.